The van der Waals surface area contributed by atoms with Crippen molar-refractivity contribution in [2.75, 3.05) is 19.0 Å². The molecule has 0 aliphatic rings. The molecule has 0 atom stereocenters. The fourth-order valence-corrected chi connectivity index (χ4v) is 2.92. The largest absolute Gasteiger partial charge is 0.466 e. The van der Waals surface area contributed by atoms with Gasteiger partial charge in [-0.25, -0.2) is 9.59 Å². The number of ether oxygens (including phenoxy) is 1. The standard InChI is InChI=1S/C19H22N2O3S/c1-14(2)21(19(23)20-16-8-5-4-6-9-16)13-15(18(22)24-3)12-17-10-7-11-25-17/h4-12,14H,13H2,1-3H3,(H,20,23)/b15-12+. The van der Waals surface area contributed by atoms with E-state index in [4.69, 9.17) is 4.74 Å². The van der Waals surface area contributed by atoms with Crippen molar-refractivity contribution in [2.24, 2.45) is 0 Å². The predicted octanol–water partition coefficient (Wildman–Crippen LogP) is 4.25. The first-order valence-electron chi connectivity index (χ1n) is 7.96. The summed E-state index contributed by atoms with van der Waals surface area (Å²) >= 11 is 1.52. The Labute approximate surface area is 151 Å². The van der Waals surface area contributed by atoms with Crippen LogP contribution in [0.15, 0.2) is 53.4 Å². The Kier molecular flexibility index (Phi) is 6.77. The lowest BCUT2D eigenvalue weighted by atomic mass is 10.2. The van der Waals surface area contributed by atoms with Gasteiger partial charge in [0.2, 0.25) is 0 Å². The monoisotopic (exact) mass is 358 g/mol. The highest BCUT2D eigenvalue weighted by Gasteiger charge is 2.22. The first-order chi connectivity index (χ1) is 12.0. The Morgan fingerprint density at radius 1 is 1.20 bits per heavy atom. The molecule has 5 nitrogen and oxygen atoms in total. The van der Waals surface area contributed by atoms with Crippen molar-refractivity contribution >= 4 is 35.1 Å². The summed E-state index contributed by atoms with van der Waals surface area (Å²) in [6.07, 6.45) is 1.77. The highest BCUT2D eigenvalue weighted by molar-refractivity contribution is 7.10. The van der Waals surface area contributed by atoms with Gasteiger partial charge >= 0.3 is 12.0 Å². The number of nitrogens with zero attached hydrogens (tertiary/aromatic N) is 1. The second-order valence-corrected chi connectivity index (χ2v) is 6.67. The molecule has 2 rings (SSSR count). The number of anilines is 1. The number of esters is 1. The molecule has 132 valence electrons. The number of thiophene rings is 1. The van der Waals surface area contributed by atoms with Crippen molar-refractivity contribution in [3.8, 4) is 0 Å². The van der Waals surface area contributed by atoms with Crippen LogP contribution in [0.25, 0.3) is 6.08 Å². The smallest absolute Gasteiger partial charge is 0.335 e. The quantitative estimate of drug-likeness (QED) is 0.620. The number of benzene rings is 1. The molecule has 0 saturated carbocycles. The number of nitrogens with one attached hydrogen (secondary N) is 1. The maximum atomic E-state index is 12.6. The topological polar surface area (TPSA) is 58.6 Å². The first kappa shape index (κ1) is 18.7. The fraction of sp³-hybridized carbons (Fsp3) is 0.263. The van der Waals surface area contributed by atoms with Crippen molar-refractivity contribution in [1.29, 1.82) is 0 Å². The van der Waals surface area contributed by atoms with Gasteiger partial charge in [0.25, 0.3) is 0 Å². The summed E-state index contributed by atoms with van der Waals surface area (Å²) in [6, 6.07) is 12.7. The molecule has 0 unspecified atom stereocenters. The van der Waals surface area contributed by atoms with Crippen LogP contribution in [0.4, 0.5) is 10.5 Å². The van der Waals surface area contributed by atoms with Crippen LogP contribution >= 0.6 is 11.3 Å². The molecule has 0 aliphatic carbocycles. The summed E-state index contributed by atoms with van der Waals surface area (Å²) in [6.45, 7) is 3.98. The Balaban J connectivity index is 2.20. The van der Waals surface area contributed by atoms with E-state index in [1.54, 1.807) is 11.0 Å². The van der Waals surface area contributed by atoms with E-state index in [9.17, 15) is 9.59 Å². The highest BCUT2D eigenvalue weighted by Crippen LogP contribution is 2.17. The van der Waals surface area contributed by atoms with E-state index in [1.165, 1.54) is 18.4 Å². The zero-order chi connectivity index (χ0) is 18.2. The SMILES string of the molecule is COC(=O)/C(=C/c1cccs1)CN(C(=O)Nc1ccccc1)C(C)C. The molecular formula is C19H22N2O3S. The summed E-state index contributed by atoms with van der Waals surface area (Å²) < 4.78 is 4.88. The third-order valence-electron chi connectivity index (χ3n) is 3.56. The number of rotatable bonds is 6. The Hall–Kier alpha value is -2.60. The number of carbonyl (C=O) groups excluding carboxylic acids is 2. The van der Waals surface area contributed by atoms with E-state index < -0.39 is 5.97 Å². The molecule has 1 heterocycles. The van der Waals surface area contributed by atoms with Gasteiger partial charge in [0, 0.05) is 16.6 Å². The second kappa shape index (κ2) is 9.03. The van der Waals surface area contributed by atoms with Crippen molar-refractivity contribution in [2.45, 2.75) is 19.9 Å². The van der Waals surface area contributed by atoms with Crippen LogP contribution in [-0.4, -0.2) is 36.6 Å². The van der Waals surface area contributed by atoms with Gasteiger partial charge in [-0.05, 0) is 43.5 Å². The second-order valence-electron chi connectivity index (χ2n) is 5.69. The third-order valence-corrected chi connectivity index (χ3v) is 4.38. The zero-order valence-corrected chi connectivity index (χ0v) is 15.4. The molecule has 0 spiro atoms. The van der Waals surface area contributed by atoms with E-state index >= 15 is 0 Å². The van der Waals surface area contributed by atoms with Crippen molar-refractivity contribution in [1.82, 2.24) is 4.90 Å². The molecular weight excluding hydrogens is 336 g/mol. The van der Waals surface area contributed by atoms with Gasteiger partial charge in [0.15, 0.2) is 0 Å². The van der Waals surface area contributed by atoms with E-state index in [2.05, 4.69) is 5.32 Å². The average molecular weight is 358 g/mol. The van der Waals surface area contributed by atoms with Gasteiger partial charge in [-0.2, -0.15) is 0 Å². The minimum absolute atomic E-state index is 0.0832. The van der Waals surface area contributed by atoms with Crippen LogP contribution in [0, 0.1) is 0 Å². The average Bonchev–Trinajstić information content (AvgIpc) is 3.11. The molecule has 0 fully saturated rings. The fourth-order valence-electron chi connectivity index (χ4n) is 2.23. The molecule has 0 bridgehead atoms. The lowest BCUT2D eigenvalue weighted by molar-refractivity contribution is -0.136. The summed E-state index contributed by atoms with van der Waals surface area (Å²) in [4.78, 5) is 27.3. The van der Waals surface area contributed by atoms with Gasteiger partial charge in [-0.1, -0.05) is 24.3 Å². The summed E-state index contributed by atoms with van der Waals surface area (Å²) in [5, 5.41) is 4.79. The van der Waals surface area contributed by atoms with Gasteiger partial charge in [0.1, 0.15) is 0 Å². The normalized spacial score (nSPS) is 11.3. The Morgan fingerprint density at radius 3 is 2.48 bits per heavy atom. The van der Waals surface area contributed by atoms with Crippen LogP contribution in [0.3, 0.4) is 0 Å². The molecule has 25 heavy (non-hydrogen) atoms. The molecule has 2 amide bonds. The van der Waals surface area contributed by atoms with E-state index in [0.717, 1.165) is 4.88 Å². The number of urea groups is 1. The van der Waals surface area contributed by atoms with Gasteiger partial charge in [-0.3, -0.25) is 0 Å². The van der Waals surface area contributed by atoms with Crippen molar-refractivity contribution in [3.05, 3.63) is 58.3 Å². The molecule has 1 aromatic heterocycles. The van der Waals surface area contributed by atoms with Crippen LogP contribution in [0.5, 0.6) is 0 Å². The van der Waals surface area contributed by atoms with E-state index in [0.29, 0.717) is 11.3 Å². The summed E-state index contributed by atoms with van der Waals surface area (Å²) in [7, 11) is 1.34. The van der Waals surface area contributed by atoms with E-state index in [1.807, 2.05) is 61.7 Å². The number of methoxy groups -OCH3 is 1. The van der Waals surface area contributed by atoms with Crippen LogP contribution in [-0.2, 0) is 9.53 Å². The Morgan fingerprint density at radius 2 is 1.92 bits per heavy atom. The molecule has 0 radical (unpaired) electrons. The summed E-state index contributed by atoms with van der Waals surface area (Å²) in [5.74, 6) is -0.438. The minimum Gasteiger partial charge on any atom is -0.466 e. The molecule has 0 aliphatic heterocycles. The molecule has 0 saturated heterocycles. The third kappa shape index (κ3) is 5.46. The number of hydrogen-bond acceptors (Lipinski definition) is 4. The maximum Gasteiger partial charge on any atom is 0.335 e. The molecule has 1 N–H and O–H groups in total. The molecule has 1 aromatic carbocycles. The Bertz CT molecular complexity index is 724. The number of carbonyl (C=O) groups is 2. The van der Waals surface area contributed by atoms with Gasteiger partial charge in [-0.15, -0.1) is 11.3 Å². The molecule has 6 heteroatoms. The first-order valence-corrected chi connectivity index (χ1v) is 8.84. The predicted molar refractivity (Wildman–Crippen MR) is 102 cm³/mol. The van der Waals surface area contributed by atoms with Gasteiger partial charge < -0.3 is 15.0 Å². The van der Waals surface area contributed by atoms with Gasteiger partial charge in [0.05, 0.1) is 19.2 Å². The highest BCUT2D eigenvalue weighted by atomic mass is 32.1. The number of hydrogen-bond donors (Lipinski definition) is 1. The lowest BCUT2D eigenvalue weighted by Gasteiger charge is -2.27. The van der Waals surface area contributed by atoms with Crippen LogP contribution < -0.4 is 5.32 Å². The summed E-state index contributed by atoms with van der Waals surface area (Å²) in [5.41, 5.74) is 1.14. The number of para-hydroxylation sites is 1. The van der Waals surface area contributed by atoms with Crippen molar-refractivity contribution < 1.29 is 14.3 Å². The zero-order valence-electron chi connectivity index (χ0n) is 14.6. The van der Waals surface area contributed by atoms with E-state index in [-0.39, 0.29) is 18.6 Å². The molecule has 2 aromatic rings. The minimum atomic E-state index is -0.438. The maximum absolute atomic E-state index is 12.6. The van der Waals surface area contributed by atoms with Crippen LogP contribution in [0.1, 0.15) is 18.7 Å². The van der Waals surface area contributed by atoms with Crippen LogP contribution in [0.2, 0.25) is 0 Å². The lowest BCUT2D eigenvalue weighted by Crippen LogP contribution is -2.42. The van der Waals surface area contributed by atoms with Crippen molar-refractivity contribution in [3.63, 3.8) is 0 Å². The number of amides is 2.